The molecule has 5 nitrogen and oxygen atoms in total. The quantitative estimate of drug-likeness (QED) is 0.374. The molecule has 0 atom stereocenters. The number of hydrogen-bond acceptors (Lipinski definition) is 3. The van der Waals surface area contributed by atoms with Crippen LogP contribution in [0, 0.1) is 11.3 Å². The summed E-state index contributed by atoms with van der Waals surface area (Å²) in [5.41, 5.74) is 2.86. The molecule has 3 rings (SSSR count). The van der Waals surface area contributed by atoms with E-state index in [1.807, 2.05) is 60.8 Å². The maximum atomic E-state index is 12.3. The van der Waals surface area contributed by atoms with Crippen LogP contribution in [-0.4, -0.2) is 30.7 Å². The molecule has 28 heavy (non-hydrogen) atoms. The number of nitriles is 1. The number of benzene rings is 2. The van der Waals surface area contributed by atoms with Crippen LogP contribution in [0.3, 0.4) is 0 Å². The summed E-state index contributed by atoms with van der Waals surface area (Å²) in [6, 6.07) is 17.6. The SMILES string of the molecule is COCCNC(=O)/C(C#N)=C/c1cn(Cc2ccccc2Cl)c2ccccc12. The van der Waals surface area contributed by atoms with Crippen molar-refractivity contribution in [3.8, 4) is 6.07 Å². The first-order valence-corrected chi connectivity index (χ1v) is 9.22. The van der Waals surface area contributed by atoms with Crippen molar-refractivity contribution in [3.05, 3.63) is 76.5 Å². The number of para-hydroxylation sites is 1. The average Bonchev–Trinajstić information content (AvgIpc) is 3.05. The summed E-state index contributed by atoms with van der Waals surface area (Å²) >= 11 is 6.31. The van der Waals surface area contributed by atoms with Gasteiger partial charge in [-0.15, -0.1) is 0 Å². The van der Waals surface area contributed by atoms with Crippen molar-refractivity contribution in [1.29, 1.82) is 5.26 Å². The molecule has 0 aliphatic heterocycles. The first kappa shape index (κ1) is 19.7. The zero-order valence-electron chi connectivity index (χ0n) is 15.5. The zero-order valence-corrected chi connectivity index (χ0v) is 16.2. The van der Waals surface area contributed by atoms with Gasteiger partial charge in [-0.05, 0) is 23.8 Å². The lowest BCUT2D eigenvalue weighted by Crippen LogP contribution is -2.27. The molecule has 1 heterocycles. The van der Waals surface area contributed by atoms with Crippen LogP contribution in [-0.2, 0) is 16.1 Å². The topological polar surface area (TPSA) is 67.0 Å². The highest BCUT2D eigenvalue weighted by Crippen LogP contribution is 2.26. The van der Waals surface area contributed by atoms with E-state index in [0.717, 1.165) is 22.0 Å². The van der Waals surface area contributed by atoms with Crippen LogP contribution in [0.25, 0.3) is 17.0 Å². The number of ether oxygens (including phenoxy) is 1. The molecule has 0 unspecified atom stereocenters. The van der Waals surface area contributed by atoms with Gasteiger partial charge in [0.05, 0.1) is 6.61 Å². The fraction of sp³-hybridized carbons (Fsp3) is 0.182. The second-order valence-electron chi connectivity index (χ2n) is 6.24. The molecule has 0 spiro atoms. The van der Waals surface area contributed by atoms with E-state index in [0.29, 0.717) is 24.7 Å². The minimum atomic E-state index is -0.414. The number of nitrogens with one attached hydrogen (secondary N) is 1. The monoisotopic (exact) mass is 393 g/mol. The number of aromatic nitrogens is 1. The Morgan fingerprint density at radius 2 is 2.00 bits per heavy atom. The fourth-order valence-electron chi connectivity index (χ4n) is 3.00. The van der Waals surface area contributed by atoms with Crippen molar-refractivity contribution in [3.63, 3.8) is 0 Å². The molecule has 0 aliphatic rings. The lowest BCUT2D eigenvalue weighted by Gasteiger charge is -2.07. The summed E-state index contributed by atoms with van der Waals surface area (Å²) in [6.45, 7) is 1.33. The van der Waals surface area contributed by atoms with Crippen LogP contribution in [0.2, 0.25) is 5.02 Å². The van der Waals surface area contributed by atoms with E-state index in [4.69, 9.17) is 16.3 Å². The van der Waals surface area contributed by atoms with Gasteiger partial charge in [-0.3, -0.25) is 4.79 Å². The number of halogens is 1. The van der Waals surface area contributed by atoms with Gasteiger partial charge in [-0.25, -0.2) is 0 Å². The van der Waals surface area contributed by atoms with Crippen molar-refractivity contribution in [2.45, 2.75) is 6.54 Å². The number of carbonyl (C=O) groups excluding carboxylic acids is 1. The van der Waals surface area contributed by atoms with Crippen molar-refractivity contribution < 1.29 is 9.53 Å². The second kappa shape index (κ2) is 9.23. The number of fused-ring (bicyclic) bond motifs is 1. The fourth-order valence-corrected chi connectivity index (χ4v) is 3.19. The Morgan fingerprint density at radius 1 is 1.25 bits per heavy atom. The minimum absolute atomic E-state index is 0.0525. The van der Waals surface area contributed by atoms with Gasteiger partial charge in [0.25, 0.3) is 5.91 Å². The van der Waals surface area contributed by atoms with Gasteiger partial charge in [0.1, 0.15) is 11.6 Å². The van der Waals surface area contributed by atoms with E-state index in [1.165, 1.54) is 0 Å². The number of rotatable bonds is 7. The van der Waals surface area contributed by atoms with Gasteiger partial charge in [0, 0.05) is 47.9 Å². The summed E-state index contributed by atoms with van der Waals surface area (Å²) in [4.78, 5) is 12.3. The summed E-state index contributed by atoms with van der Waals surface area (Å²) < 4.78 is 6.99. The molecule has 1 aromatic heterocycles. The second-order valence-corrected chi connectivity index (χ2v) is 6.65. The van der Waals surface area contributed by atoms with E-state index >= 15 is 0 Å². The number of methoxy groups -OCH3 is 1. The predicted molar refractivity (Wildman–Crippen MR) is 111 cm³/mol. The van der Waals surface area contributed by atoms with Gasteiger partial charge < -0.3 is 14.6 Å². The summed E-state index contributed by atoms with van der Waals surface area (Å²) in [5.74, 6) is -0.414. The Labute approximate surface area is 168 Å². The number of carbonyl (C=O) groups is 1. The largest absolute Gasteiger partial charge is 0.383 e. The van der Waals surface area contributed by atoms with E-state index in [9.17, 15) is 10.1 Å². The molecule has 142 valence electrons. The molecule has 0 saturated carbocycles. The summed E-state index contributed by atoms with van der Waals surface area (Å²) in [7, 11) is 1.56. The van der Waals surface area contributed by atoms with Crippen LogP contribution in [0.5, 0.6) is 0 Å². The molecule has 1 N–H and O–H groups in total. The van der Waals surface area contributed by atoms with Crippen molar-refractivity contribution in [2.75, 3.05) is 20.3 Å². The van der Waals surface area contributed by atoms with Crippen LogP contribution >= 0.6 is 11.6 Å². The van der Waals surface area contributed by atoms with Crippen molar-refractivity contribution >= 4 is 34.5 Å². The normalized spacial score (nSPS) is 11.4. The minimum Gasteiger partial charge on any atom is -0.383 e. The highest BCUT2D eigenvalue weighted by atomic mass is 35.5. The predicted octanol–water partition coefficient (Wildman–Crippen LogP) is 4.01. The molecule has 3 aromatic rings. The molecule has 1 amide bonds. The first-order chi connectivity index (χ1) is 13.6. The lowest BCUT2D eigenvalue weighted by atomic mass is 10.1. The van der Waals surface area contributed by atoms with Crippen molar-refractivity contribution in [2.24, 2.45) is 0 Å². The zero-order chi connectivity index (χ0) is 19.9. The Bertz CT molecular complexity index is 1060. The highest BCUT2D eigenvalue weighted by Gasteiger charge is 2.13. The third-order valence-electron chi connectivity index (χ3n) is 4.37. The van der Waals surface area contributed by atoms with E-state index < -0.39 is 5.91 Å². The van der Waals surface area contributed by atoms with E-state index in [2.05, 4.69) is 9.88 Å². The first-order valence-electron chi connectivity index (χ1n) is 8.84. The van der Waals surface area contributed by atoms with Crippen LogP contribution in [0.4, 0.5) is 0 Å². The Balaban J connectivity index is 1.97. The van der Waals surface area contributed by atoms with E-state index in [1.54, 1.807) is 13.2 Å². The number of hydrogen-bond donors (Lipinski definition) is 1. The average molecular weight is 394 g/mol. The molecule has 6 heteroatoms. The van der Waals surface area contributed by atoms with Gasteiger partial charge in [-0.1, -0.05) is 48.0 Å². The highest BCUT2D eigenvalue weighted by molar-refractivity contribution is 6.31. The molecular weight excluding hydrogens is 374 g/mol. The van der Waals surface area contributed by atoms with Gasteiger partial charge in [0.15, 0.2) is 0 Å². The van der Waals surface area contributed by atoms with Crippen LogP contribution in [0.1, 0.15) is 11.1 Å². The molecule has 0 bridgehead atoms. The van der Waals surface area contributed by atoms with Gasteiger partial charge in [-0.2, -0.15) is 5.26 Å². The number of amides is 1. The molecular formula is C22H20ClN3O2. The molecule has 0 aliphatic carbocycles. The smallest absolute Gasteiger partial charge is 0.262 e. The Hall–Kier alpha value is -3.07. The Morgan fingerprint density at radius 3 is 2.75 bits per heavy atom. The third-order valence-corrected chi connectivity index (χ3v) is 4.74. The maximum absolute atomic E-state index is 12.3. The summed E-state index contributed by atoms with van der Waals surface area (Å²) in [6.07, 6.45) is 3.56. The summed E-state index contributed by atoms with van der Waals surface area (Å²) in [5, 5.41) is 13.8. The Kier molecular flexibility index (Phi) is 6.49. The molecule has 0 saturated heterocycles. The molecule has 0 radical (unpaired) electrons. The van der Waals surface area contributed by atoms with Crippen LogP contribution < -0.4 is 5.32 Å². The number of nitrogens with zero attached hydrogens (tertiary/aromatic N) is 2. The van der Waals surface area contributed by atoms with Gasteiger partial charge in [0.2, 0.25) is 0 Å². The van der Waals surface area contributed by atoms with Crippen LogP contribution in [0.15, 0.2) is 60.3 Å². The maximum Gasteiger partial charge on any atom is 0.262 e. The molecule has 0 fully saturated rings. The van der Waals surface area contributed by atoms with E-state index in [-0.39, 0.29) is 5.57 Å². The third kappa shape index (κ3) is 4.42. The molecule has 2 aromatic carbocycles. The van der Waals surface area contributed by atoms with Crippen molar-refractivity contribution in [1.82, 2.24) is 9.88 Å². The standard InChI is InChI=1S/C22H20ClN3O2/c1-28-11-10-25-22(27)17(13-24)12-18-15-26(21-9-5-3-7-19(18)21)14-16-6-2-4-8-20(16)23/h2-9,12,15H,10-11,14H2,1H3,(H,25,27)/b17-12+. The van der Waals surface area contributed by atoms with Gasteiger partial charge >= 0.3 is 0 Å². The lowest BCUT2D eigenvalue weighted by molar-refractivity contribution is -0.117.